The first-order valence-electron chi connectivity index (χ1n) is 6.62. The van der Waals surface area contributed by atoms with E-state index >= 15 is 0 Å². The molecule has 116 valence electrons. The fourth-order valence-electron chi connectivity index (χ4n) is 1.95. The molecule has 7 heteroatoms. The molecule has 0 aliphatic rings. The second-order valence-corrected chi connectivity index (χ2v) is 7.13. The SMILES string of the molecule is Cc1ccc(S(=O)(=O)NC(=S)Nc2cc(C)cc(C)n2)cc1. The Hall–Kier alpha value is -1.99. The van der Waals surface area contributed by atoms with Crippen molar-refractivity contribution in [1.82, 2.24) is 9.71 Å². The number of aryl methyl sites for hydroxylation is 3. The van der Waals surface area contributed by atoms with Crippen molar-refractivity contribution >= 4 is 33.2 Å². The zero-order chi connectivity index (χ0) is 16.3. The molecule has 0 amide bonds. The molecule has 1 heterocycles. The van der Waals surface area contributed by atoms with Crippen molar-refractivity contribution in [1.29, 1.82) is 0 Å². The number of hydrogen-bond acceptors (Lipinski definition) is 4. The molecule has 0 atom stereocenters. The molecule has 2 N–H and O–H groups in total. The molecule has 0 fully saturated rings. The number of pyridine rings is 1. The van der Waals surface area contributed by atoms with E-state index in [0.29, 0.717) is 5.82 Å². The van der Waals surface area contributed by atoms with Gasteiger partial charge in [-0.3, -0.25) is 4.72 Å². The second kappa shape index (κ2) is 6.41. The Labute approximate surface area is 135 Å². The third kappa shape index (κ3) is 4.25. The quantitative estimate of drug-likeness (QED) is 0.844. The molecule has 1 aromatic carbocycles. The highest BCUT2D eigenvalue weighted by Crippen LogP contribution is 2.11. The Morgan fingerprint density at radius 1 is 1.05 bits per heavy atom. The first-order chi connectivity index (χ1) is 10.3. The Kier molecular flexibility index (Phi) is 4.77. The van der Waals surface area contributed by atoms with Crippen LogP contribution in [0.2, 0.25) is 0 Å². The number of aromatic nitrogens is 1. The summed E-state index contributed by atoms with van der Waals surface area (Å²) in [5.41, 5.74) is 2.82. The number of sulfonamides is 1. The maximum absolute atomic E-state index is 12.2. The summed E-state index contributed by atoms with van der Waals surface area (Å²) in [6.45, 7) is 5.68. The lowest BCUT2D eigenvalue weighted by Gasteiger charge is -2.11. The van der Waals surface area contributed by atoms with Gasteiger partial charge in [-0.05, 0) is 62.8 Å². The summed E-state index contributed by atoms with van der Waals surface area (Å²) < 4.78 is 26.8. The number of hydrogen-bond donors (Lipinski definition) is 2. The van der Waals surface area contributed by atoms with Crippen LogP contribution in [0.5, 0.6) is 0 Å². The van der Waals surface area contributed by atoms with Gasteiger partial charge in [0.1, 0.15) is 5.82 Å². The molecule has 0 aliphatic heterocycles. The average Bonchev–Trinajstić information content (AvgIpc) is 2.36. The van der Waals surface area contributed by atoms with Crippen LogP contribution in [0.4, 0.5) is 5.82 Å². The zero-order valence-electron chi connectivity index (χ0n) is 12.5. The van der Waals surface area contributed by atoms with Crippen LogP contribution in [0.3, 0.4) is 0 Å². The lowest BCUT2D eigenvalue weighted by Crippen LogP contribution is -2.34. The Morgan fingerprint density at radius 3 is 2.27 bits per heavy atom. The van der Waals surface area contributed by atoms with Gasteiger partial charge in [-0.2, -0.15) is 0 Å². The van der Waals surface area contributed by atoms with Gasteiger partial charge in [0.25, 0.3) is 10.0 Å². The zero-order valence-corrected chi connectivity index (χ0v) is 14.2. The van der Waals surface area contributed by atoms with E-state index in [2.05, 4.69) is 15.0 Å². The largest absolute Gasteiger partial charge is 0.317 e. The van der Waals surface area contributed by atoms with Gasteiger partial charge in [0.15, 0.2) is 5.11 Å². The molecule has 0 aliphatic carbocycles. The third-order valence-corrected chi connectivity index (χ3v) is 4.60. The number of benzene rings is 1. The number of anilines is 1. The topological polar surface area (TPSA) is 71.1 Å². The Bertz CT molecular complexity index is 780. The van der Waals surface area contributed by atoms with Gasteiger partial charge in [-0.15, -0.1) is 0 Å². The monoisotopic (exact) mass is 335 g/mol. The summed E-state index contributed by atoms with van der Waals surface area (Å²) in [5.74, 6) is 0.508. The van der Waals surface area contributed by atoms with Gasteiger partial charge in [-0.25, -0.2) is 13.4 Å². The van der Waals surface area contributed by atoms with Crippen LogP contribution >= 0.6 is 12.2 Å². The fourth-order valence-corrected chi connectivity index (χ4v) is 3.29. The van der Waals surface area contributed by atoms with E-state index in [1.54, 1.807) is 18.2 Å². The molecule has 0 saturated carbocycles. The van der Waals surface area contributed by atoms with Gasteiger partial charge in [0.05, 0.1) is 4.90 Å². The molecule has 22 heavy (non-hydrogen) atoms. The van der Waals surface area contributed by atoms with Crippen LogP contribution in [-0.2, 0) is 10.0 Å². The van der Waals surface area contributed by atoms with Gasteiger partial charge >= 0.3 is 0 Å². The lowest BCUT2D eigenvalue weighted by atomic mass is 10.2. The highest BCUT2D eigenvalue weighted by molar-refractivity contribution is 7.92. The van der Waals surface area contributed by atoms with Gasteiger partial charge in [0, 0.05) is 5.69 Å². The molecule has 2 aromatic rings. The summed E-state index contributed by atoms with van der Waals surface area (Å²) in [4.78, 5) is 4.42. The minimum atomic E-state index is -3.70. The minimum Gasteiger partial charge on any atom is -0.317 e. The molecule has 0 spiro atoms. The van der Waals surface area contributed by atoms with Gasteiger partial charge in [-0.1, -0.05) is 17.7 Å². The minimum absolute atomic E-state index is 0.0157. The van der Waals surface area contributed by atoms with Crippen LogP contribution in [0.1, 0.15) is 16.8 Å². The van der Waals surface area contributed by atoms with Crippen molar-refractivity contribution in [2.75, 3.05) is 5.32 Å². The van der Waals surface area contributed by atoms with Crippen LogP contribution in [0.25, 0.3) is 0 Å². The smallest absolute Gasteiger partial charge is 0.263 e. The predicted octanol–water partition coefficient (Wildman–Crippen LogP) is 2.68. The number of thiocarbonyl (C=S) groups is 1. The van der Waals surface area contributed by atoms with E-state index in [4.69, 9.17) is 12.2 Å². The highest BCUT2D eigenvalue weighted by Gasteiger charge is 2.15. The number of nitrogens with zero attached hydrogens (tertiary/aromatic N) is 1. The normalized spacial score (nSPS) is 11.0. The average molecular weight is 335 g/mol. The molecular weight excluding hydrogens is 318 g/mol. The van der Waals surface area contributed by atoms with Crippen LogP contribution < -0.4 is 10.0 Å². The van der Waals surface area contributed by atoms with Crippen LogP contribution in [0.15, 0.2) is 41.3 Å². The van der Waals surface area contributed by atoms with Gasteiger partial charge in [0.2, 0.25) is 0 Å². The molecular formula is C15H17N3O2S2. The number of rotatable bonds is 3. The first-order valence-corrected chi connectivity index (χ1v) is 8.51. The maximum Gasteiger partial charge on any atom is 0.263 e. The van der Waals surface area contributed by atoms with E-state index in [9.17, 15) is 8.42 Å². The van der Waals surface area contributed by atoms with Crippen LogP contribution in [-0.4, -0.2) is 18.5 Å². The van der Waals surface area contributed by atoms with E-state index < -0.39 is 10.0 Å². The van der Waals surface area contributed by atoms with Crippen LogP contribution in [0, 0.1) is 20.8 Å². The molecule has 0 unspecified atom stereocenters. The summed E-state index contributed by atoms with van der Waals surface area (Å²) in [7, 11) is -3.70. The predicted molar refractivity (Wildman–Crippen MR) is 91.4 cm³/mol. The van der Waals surface area contributed by atoms with E-state index in [0.717, 1.165) is 16.8 Å². The molecule has 0 bridgehead atoms. The van der Waals surface area contributed by atoms with Crippen molar-refractivity contribution in [3.05, 3.63) is 53.2 Å². The molecule has 5 nitrogen and oxygen atoms in total. The lowest BCUT2D eigenvalue weighted by molar-refractivity contribution is 0.593. The molecule has 0 saturated heterocycles. The van der Waals surface area contributed by atoms with E-state index in [1.807, 2.05) is 26.8 Å². The van der Waals surface area contributed by atoms with Crippen molar-refractivity contribution < 1.29 is 8.42 Å². The fraction of sp³-hybridized carbons (Fsp3) is 0.200. The van der Waals surface area contributed by atoms with Crippen molar-refractivity contribution in [3.63, 3.8) is 0 Å². The first kappa shape index (κ1) is 16.4. The third-order valence-electron chi connectivity index (χ3n) is 2.90. The second-order valence-electron chi connectivity index (χ2n) is 5.04. The standard InChI is InChI=1S/C15H17N3O2S2/c1-10-4-6-13(7-5-10)22(19,20)18-15(21)17-14-9-11(2)8-12(3)16-14/h4-9H,1-3H3,(H2,16,17,18,21). The Morgan fingerprint density at radius 2 is 1.68 bits per heavy atom. The molecule has 2 rings (SSSR count). The van der Waals surface area contributed by atoms with E-state index in [-0.39, 0.29) is 10.0 Å². The molecule has 0 radical (unpaired) electrons. The van der Waals surface area contributed by atoms with Gasteiger partial charge < -0.3 is 5.32 Å². The summed E-state index contributed by atoms with van der Waals surface area (Å²) in [6.07, 6.45) is 0. The maximum atomic E-state index is 12.2. The molecule has 1 aromatic heterocycles. The van der Waals surface area contributed by atoms with Crippen molar-refractivity contribution in [2.45, 2.75) is 25.7 Å². The highest BCUT2D eigenvalue weighted by atomic mass is 32.2. The Balaban J connectivity index is 2.12. The van der Waals surface area contributed by atoms with E-state index in [1.165, 1.54) is 12.1 Å². The summed E-state index contributed by atoms with van der Waals surface area (Å²) >= 11 is 5.06. The summed E-state index contributed by atoms with van der Waals surface area (Å²) in [5, 5.41) is 2.78. The van der Waals surface area contributed by atoms with Crippen molar-refractivity contribution in [3.8, 4) is 0 Å². The summed E-state index contributed by atoms with van der Waals surface area (Å²) in [6, 6.07) is 10.3. The number of nitrogens with one attached hydrogen (secondary N) is 2. The van der Waals surface area contributed by atoms with Crippen molar-refractivity contribution in [2.24, 2.45) is 0 Å².